The molecule has 0 spiro atoms. The molecule has 1 heterocycles. The van der Waals surface area contributed by atoms with Gasteiger partial charge < -0.3 is 14.8 Å². The third kappa shape index (κ3) is 6.33. The first kappa shape index (κ1) is 23.3. The zero-order valence-corrected chi connectivity index (χ0v) is 18.9. The van der Waals surface area contributed by atoms with Crippen LogP contribution in [0.25, 0.3) is 0 Å². The van der Waals surface area contributed by atoms with Crippen LogP contribution >= 0.6 is 11.6 Å². The summed E-state index contributed by atoms with van der Waals surface area (Å²) >= 11 is 5.91. The highest BCUT2D eigenvalue weighted by molar-refractivity contribution is 7.92. The molecule has 1 aliphatic heterocycles. The molecule has 0 aliphatic carbocycles. The van der Waals surface area contributed by atoms with Gasteiger partial charge in [-0.3, -0.25) is 14.0 Å². The van der Waals surface area contributed by atoms with Crippen molar-refractivity contribution in [1.82, 2.24) is 4.90 Å². The predicted molar refractivity (Wildman–Crippen MR) is 120 cm³/mol. The number of rotatable bonds is 9. The predicted octanol–water partition coefficient (Wildman–Crippen LogP) is 2.45. The number of anilines is 2. The lowest BCUT2D eigenvalue weighted by atomic mass is 10.3. The van der Waals surface area contributed by atoms with E-state index in [1.165, 1.54) is 19.2 Å². The van der Waals surface area contributed by atoms with Crippen LogP contribution in [0.4, 0.5) is 11.4 Å². The number of hydrogen-bond acceptors (Lipinski definition) is 7. The second-order valence-electron chi connectivity index (χ2n) is 6.97. The molecule has 2 aromatic rings. The highest BCUT2D eigenvalue weighted by Gasteiger charge is 2.27. The minimum Gasteiger partial charge on any atom is -0.468 e. The Morgan fingerprint density at radius 3 is 2.39 bits per heavy atom. The SMILES string of the molecule is COC(=O)CN(c1ccc(Cl)cc1)S(=O)(=O)c1ccc(NCCN2CCOCC2)cc1. The van der Waals surface area contributed by atoms with E-state index in [-0.39, 0.29) is 4.90 Å². The van der Waals surface area contributed by atoms with Crippen LogP contribution in [0, 0.1) is 0 Å². The Morgan fingerprint density at radius 1 is 1.13 bits per heavy atom. The Balaban J connectivity index is 1.71. The molecule has 0 bridgehead atoms. The number of benzene rings is 2. The smallest absolute Gasteiger partial charge is 0.326 e. The van der Waals surface area contributed by atoms with Gasteiger partial charge in [0, 0.05) is 36.9 Å². The number of halogens is 1. The lowest BCUT2D eigenvalue weighted by molar-refractivity contribution is -0.138. The molecule has 0 unspecified atom stereocenters. The minimum atomic E-state index is -3.99. The lowest BCUT2D eigenvalue weighted by Gasteiger charge is -2.26. The summed E-state index contributed by atoms with van der Waals surface area (Å²) < 4.78 is 37.5. The van der Waals surface area contributed by atoms with Crippen molar-refractivity contribution >= 4 is 39.0 Å². The van der Waals surface area contributed by atoms with Gasteiger partial charge in [-0.15, -0.1) is 0 Å². The third-order valence-electron chi connectivity index (χ3n) is 4.92. The highest BCUT2D eigenvalue weighted by atomic mass is 35.5. The molecule has 31 heavy (non-hydrogen) atoms. The van der Waals surface area contributed by atoms with Gasteiger partial charge in [0.05, 0.1) is 30.9 Å². The maximum absolute atomic E-state index is 13.2. The Hall–Kier alpha value is -2.33. The topological polar surface area (TPSA) is 88.2 Å². The number of carbonyl (C=O) groups is 1. The fourth-order valence-electron chi connectivity index (χ4n) is 3.16. The summed E-state index contributed by atoms with van der Waals surface area (Å²) in [5.41, 5.74) is 1.14. The van der Waals surface area contributed by atoms with E-state index in [1.54, 1.807) is 36.4 Å². The summed E-state index contributed by atoms with van der Waals surface area (Å²) in [6.07, 6.45) is 0. The molecule has 8 nitrogen and oxygen atoms in total. The lowest BCUT2D eigenvalue weighted by Crippen LogP contribution is -2.39. The standard InChI is InChI=1S/C21H26ClN3O5S/c1-29-21(26)16-25(19-6-2-17(22)3-7-19)31(27,28)20-8-4-18(5-9-20)23-10-11-24-12-14-30-15-13-24/h2-9,23H,10-16H2,1H3. The zero-order valence-electron chi connectivity index (χ0n) is 17.3. The van der Waals surface area contributed by atoms with Crippen LogP contribution in [-0.2, 0) is 24.3 Å². The minimum absolute atomic E-state index is 0.0742. The number of nitrogens with one attached hydrogen (secondary N) is 1. The van der Waals surface area contributed by atoms with E-state index in [0.717, 1.165) is 49.4 Å². The first-order valence-corrected chi connectivity index (χ1v) is 11.7. The molecule has 1 fully saturated rings. The van der Waals surface area contributed by atoms with Gasteiger partial charge in [0.1, 0.15) is 6.54 Å². The van der Waals surface area contributed by atoms with E-state index in [4.69, 9.17) is 16.3 Å². The van der Waals surface area contributed by atoms with Crippen molar-refractivity contribution in [2.24, 2.45) is 0 Å². The quantitative estimate of drug-likeness (QED) is 0.566. The summed E-state index contributed by atoms with van der Waals surface area (Å²) in [5.74, 6) is -0.667. The summed E-state index contributed by atoms with van der Waals surface area (Å²) in [6.45, 7) is 4.52. The molecular weight excluding hydrogens is 442 g/mol. The van der Waals surface area contributed by atoms with Gasteiger partial charge >= 0.3 is 5.97 Å². The van der Waals surface area contributed by atoms with Crippen molar-refractivity contribution in [3.8, 4) is 0 Å². The van der Waals surface area contributed by atoms with Gasteiger partial charge in [-0.25, -0.2) is 8.42 Å². The summed E-state index contributed by atoms with van der Waals surface area (Å²) in [6, 6.07) is 12.7. The molecule has 0 radical (unpaired) electrons. The van der Waals surface area contributed by atoms with E-state index in [2.05, 4.69) is 15.0 Å². The number of hydrogen-bond donors (Lipinski definition) is 1. The van der Waals surface area contributed by atoms with Gasteiger partial charge in [0.2, 0.25) is 0 Å². The monoisotopic (exact) mass is 467 g/mol. The maximum atomic E-state index is 13.2. The molecule has 0 saturated carbocycles. The van der Waals surface area contributed by atoms with E-state index < -0.39 is 22.5 Å². The van der Waals surface area contributed by atoms with Gasteiger partial charge in [0.15, 0.2) is 0 Å². The number of sulfonamides is 1. The molecule has 10 heteroatoms. The van der Waals surface area contributed by atoms with Crippen LogP contribution in [0.2, 0.25) is 5.02 Å². The summed E-state index contributed by atoms with van der Waals surface area (Å²) in [5, 5.41) is 3.76. The molecule has 1 N–H and O–H groups in total. The Labute approximate surface area is 187 Å². The summed E-state index contributed by atoms with van der Waals surface area (Å²) in [7, 11) is -2.77. The van der Waals surface area contributed by atoms with Crippen LogP contribution < -0.4 is 9.62 Å². The number of ether oxygens (including phenoxy) is 2. The number of methoxy groups -OCH3 is 1. The molecule has 0 amide bonds. The van der Waals surface area contributed by atoms with E-state index in [0.29, 0.717) is 10.7 Å². The average Bonchev–Trinajstić information content (AvgIpc) is 2.79. The Morgan fingerprint density at radius 2 is 1.77 bits per heavy atom. The number of morpholine rings is 1. The van der Waals surface area contributed by atoms with Gasteiger partial charge in [-0.1, -0.05) is 11.6 Å². The van der Waals surface area contributed by atoms with Crippen LogP contribution in [0.1, 0.15) is 0 Å². The Bertz CT molecular complexity index is 962. The molecule has 2 aromatic carbocycles. The van der Waals surface area contributed by atoms with Crippen molar-refractivity contribution in [1.29, 1.82) is 0 Å². The van der Waals surface area contributed by atoms with Crippen LogP contribution in [0.3, 0.4) is 0 Å². The molecule has 0 aromatic heterocycles. The second kappa shape index (κ2) is 10.8. The molecule has 0 atom stereocenters. The van der Waals surface area contributed by atoms with Gasteiger partial charge in [-0.2, -0.15) is 0 Å². The zero-order chi connectivity index (χ0) is 22.3. The normalized spacial score (nSPS) is 14.8. The summed E-state index contributed by atoms with van der Waals surface area (Å²) in [4.78, 5) is 14.3. The molecule has 1 aliphatic rings. The highest BCUT2D eigenvalue weighted by Crippen LogP contribution is 2.26. The van der Waals surface area contributed by atoms with Crippen molar-refractivity contribution in [2.75, 3.05) is 62.7 Å². The average molecular weight is 468 g/mol. The van der Waals surface area contributed by atoms with Crippen molar-refractivity contribution in [3.63, 3.8) is 0 Å². The van der Waals surface area contributed by atoms with Crippen molar-refractivity contribution in [2.45, 2.75) is 4.90 Å². The van der Waals surface area contributed by atoms with E-state index >= 15 is 0 Å². The molecule has 1 saturated heterocycles. The molecule has 3 rings (SSSR count). The van der Waals surface area contributed by atoms with Crippen LogP contribution in [-0.4, -0.2) is 72.3 Å². The number of nitrogens with zero attached hydrogens (tertiary/aromatic N) is 2. The van der Waals surface area contributed by atoms with E-state index in [9.17, 15) is 13.2 Å². The maximum Gasteiger partial charge on any atom is 0.326 e. The largest absolute Gasteiger partial charge is 0.468 e. The van der Waals surface area contributed by atoms with Gasteiger partial charge in [-0.05, 0) is 48.5 Å². The van der Waals surface area contributed by atoms with Crippen molar-refractivity contribution in [3.05, 3.63) is 53.6 Å². The fourth-order valence-corrected chi connectivity index (χ4v) is 4.69. The Kier molecular flexibility index (Phi) is 8.14. The van der Waals surface area contributed by atoms with E-state index in [1.807, 2.05) is 0 Å². The van der Waals surface area contributed by atoms with Crippen LogP contribution in [0.5, 0.6) is 0 Å². The van der Waals surface area contributed by atoms with Crippen LogP contribution in [0.15, 0.2) is 53.4 Å². The van der Waals surface area contributed by atoms with Gasteiger partial charge in [0.25, 0.3) is 10.0 Å². The molecule has 168 valence electrons. The first-order chi connectivity index (χ1) is 14.9. The number of carbonyl (C=O) groups excluding carboxylic acids is 1. The fraction of sp³-hybridized carbons (Fsp3) is 0.381. The first-order valence-electron chi connectivity index (χ1n) is 9.89. The number of esters is 1. The van der Waals surface area contributed by atoms with Crippen molar-refractivity contribution < 1.29 is 22.7 Å². The third-order valence-corrected chi connectivity index (χ3v) is 6.96. The second-order valence-corrected chi connectivity index (χ2v) is 9.27. The molecular formula is C21H26ClN3O5S.